The summed E-state index contributed by atoms with van der Waals surface area (Å²) in [5.41, 5.74) is 7.17. The van der Waals surface area contributed by atoms with Crippen LogP contribution in [0, 0.1) is 12.8 Å². The van der Waals surface area contributed by atoms with E-state index in [0.717, 1.165) is 10.7 Å². The summed E-state index contributed by atoms with van der Waals surface area (Å²) < 4.78 is 0. The molecular formula is C10H18N2S. The minimum Gasteiger partial charge on any atom is -0.322 e. The molecule has 2 N–H and O–H groups in total. The van der Waals surface area contributed by atoms with E-state index in [1.54, 1.807) is 11.3 Å². The zero-order valence-electron chi connectivity index (χ0n) is 8.58. The molecule has 74 valence electrons. The van der Waals surface area contributed by atoms with Crippen molar-refractivity contribution in [2.45, 2.75) is 39.7 Å². The lowest BCUT2D eigenvalue weighted by Crippen LogP contribution is -2.18. The molecule has 1 rings (SSSR count). The Morgan fingerprint density at radius 3 is 2.77 bits per heavy atom. The number of hydrogen-bond acceptors (Lipinski definition) is 3. The van der Waals surface area contributed by atoms with Crippen molar-refractivity contribution in [3.63, 3.8) is 0 Å². The van der Waals surface area contributed by atoms with E-state index in [9.17, 15) is 0 Å². The highest BCUT2D eigenvalue weighted by atomic mass is 32.1. The summed E-state index contributed by atoms with van der Waals surface area (Å²) in [5, 5.41) is 3.15. The summed E-state index contributed by atoms with van der Waals surface area (Å²) in [4.78, 5) is 4.41. The summed E-state index contributed by atoms with van der Waals surface area (Å²) >= 11 is 1.68. The van der Waals surface area contributed by atoms with Gasteiger partial charge in [0.05, 0.1) is 6.04 Å². The van der Waals surface area contributed by atoms with Crippen molar-refractivity contribution < 1.29 is 0 Å². The lowest BCUT2D eigenvalue weighted by atomic mass is 9.98. The first kappa shape index (κ1) is 10.7. The molecule has 0 saturated heterocycles. The van der Waals surface area contributed by atoms with E-state index in [2.05, 4.69) is 24.2 Å². The standard InChI is InChI=1S/C10H18N2S/c1-4-5-7(2)9(11)10-12-8(3)6-13-10/h6-7,9H,4-5,11H2,1-3H3. The third kappa shape index (κ3) is 2.78. The maximum Gasteiger partial charge on any atom is 0.110 e. The van der Waals surface area contributed by atoms with Gasteiger partial charge in [-0.1, -0.05) is 20.3 Å². The Bertz CT molecular complexity index is 257. The highest BCUT2D eigenvalue weighted by molar-refractivity contribution is 7.09. The minimum atomic E-state index is 0.124. The molecule has 1 aromatic heterocycles. The number of nitrogens with two attached hydrogens (primary N) is 1. The van der Waals surface area contributed by atoms with Crippen LogP contribution in [0.2, 0.25) is 0 Å². The van der Waals surface area contributed by atoms with E-state index in [-0.39, 0.29) is 6.04 Å². The molecule has 0 spiro atoms. The maximum absolute atomic E-state index is 6.09. The SMILES string of the molecule is CCCC(C)C(N)c1nc(C)cs1. The molecule has 2 atom stereocenters. The van der Waals surface area contributed by atoms with Gasteiger partial charge in [0.25, 0.3) is 0 Å². The number of thiazole rings is 1. The van der Waals surface area contributed by atoms with Gasteiger partial charge >= 0.3 is 0 Å². The van der Waals surface area contributed by atoms with Crippen molar-refractivity contribution in [1.82, 2.24) is 4.98 Å². The van der Waals surface area contributed by atoms with E-state index >= 15 is 0 Å². The van der Waals surface area contributed by atoms with Crippen LogP contribution in [0.5, 0.6) is 0 Å². The van der Waals surface area contributed by atoms with Gasteiger partial charge in [0.2, 0.25) is 0 Å². The summed E-state index contributed by atoms with van der Waals surface area (Å²) in [6.45, 7) is 6.40. The molecule has 0 aliphatic rings. The zero-order valence-corrected chi connectivity index (χ0v) is 9.40. The second-order valence-corrected chi connectivity index (χ2v) is 4.51. The number of hydrogen-bond donors (Lipinski definition) is 1. The van der Waals surface area contributed by atoms with Crippen LogP contribution in [-0.4, -0.2) is 4.98 Å². The minimum absolute atomic E-state index is 0.124. The van der Waals surface area contributed by atoms with Crippen LogP contribution in [0.3, 0.4) is 0 Å². The van der Waals surface area contributed by atoms with E-state index in [4.69, 9.17) is 5.73 Å². The number of aryl methyl sites for hydroxylation is 1. The van der Waals surface area contributed by atoms with Crippen LogP contribution in [0.4, 0.5) is 0 Å². The van der Waals surface area contributed by atoms with Crippen molar-refractivity contribution in [3.05, 3.63) is 16.1 Å². The molecule has 0 aromatic carbocycles. The molecule has 0 aliphatic heterocycles. The Morgan fingerprint density at radius 1 is 1.62 bits per heavy atom. The van der Waals surface area contributed by atoms with Crippen LogP contribution in [-0.2, 0) is 0 Å². The Morgan fingerprint density at radius 2 is 2.31 bits per heavy atom. The van der Waals surface area contributed by atoms with Crippen molar-refractivity contribution in [1.29, 1.82) is 0 Å². The smallest absolute Gasteiger partial charge is 0.110 e. The predicted molar refractivity (Wildman–Crippen MR) is 57.9 cm³/mol. The fourth-order valence-corrected chi connectivity index (χ4v) is 2.33. The second kappa shape index (κ2) is 4.72. The molecule has 13 heavy (non-hydrogen) atoms. The molecule has 2 unspecified atom stereocenters. The Labute approximate surface area is 84.2 Å². The van der Waals surface area contributed by atoms with Gasteiger partial charge in [-0.2, -0.15) is 0 Å². The fourth-order valence-electron chi connectivity index (χ4n) is 1.40. The monoisotopic (exact) mass is 198 g/mol. The van der Waals surface area contributed by atoms with Gasteiger partial charge in [0.1, 0.15) is 5.01 Å². The molecule has 0 saturated carbocycles. The van der Waals surface area contributed by atoms with Crippen LogP contribution >= 0.6 is 11.3 Å². The highest BCUT2D eigenvalue weighted by Crippen LogP contribution is 2.25. The molecule has 1 aromatic rings. The molecule has 0 aliphatic carbocycles. The molecular weight excluding hydrogens is 180 g/mol. The van der Waals surface area contributed by atoms with E-state index in [1.807, 2.05) is 6.92 Å². The topological polar surface area (TPSA) is 38.9 Å². The molecule has 0 amide bonds. The van der Waals surface area contributed by atoms with Crippen LogP contribution in [0.1, 0.15) is 43.4 Å². The van der Waals surface area contributed by atoms with Gasteiger partial charge < -0.3 is 5.73 Å². The zero-order chi connectivity index (χ0) is 9.84. The third-order valence-electron chi connectivity index (χ3n) is 2.28. The Hall–Kier alpha value is -0.410. The Balaban J connectivity index is 2.61. The highest BCUT2D eigenvalue weighted by Gasteiger charge is 2.16. The first-order valence-corrected chi connectivity index (χ1v) is 5.70. The molecule has 2 nitrogen and oxygen atoms in total. The van der Waals surface area contributed by atoms with Gasteiger partial charge in [-0.3, -0.25) is 0 Å². The fraction of sp³-hybridized carbons (Fsp3) is 0.700. The average Bonchev–Trinajstić information content (AvgIpc) is 2.51. The average molecular weight is 198 g/mol. The lowest BCUT2D eigenvalue weighted by Gasteiger charge is -2.16. The number of nitrogens with zero attached hydrogens (tertiary/aromatic N) is 1. The van der Waals surface area contributed by atoms with Crippen LogP contribution in [0.25, 0.3) is 0 Å². The molecule has 1 heterocycles. The van der Waals surface area contributed by atoms with E-state index in [0.29, 0.717) is 5.92 Å². The lowest BCUT2D eigenvalue weighted by molar-refractivity contribution is 0.432. The summed E-state index contributed by atoms with van der Waals surface area (Å²) in [7, 11) is 0. The van der Waals surface area contributed by atoms with Gasteiger partial charge in [-0.15, -0.1) is 11.3 Å². The maximum atomic E-state index is 6.09. The molecule has 0 bridgehead atoms. The number of aromatic nitrogens is 1. The van der Waals surface area contributed by atoms with Gasteiger partial charge in [0.15, 0.2) is 0 Å². The summed E-state index contributed by atoms with van der Waals surface area (Å²) in [5.74, 6) is 0.538. The number of rotatable bonds is 4. The van der Waals surface area contributed by atoms with E-state index in [1.165, 1.54) is 12.8 Å². The summed E-state index contributed by atoms with van der Waals surface area (Å²) in [6, 6.07) is 0.124. The van der Waals surface area contributed by atoms with Crippen molar-refractivity contribution in [3.8, 4) is 0 Å². The van der Waals surface area contributed by atoms with Crippen molar-refractivity contribution in [2.75, 3.05) is 0 Å². The normalized spacial score (nSPS) is 15.7. The molecule has 0 fully saturated rings. The van der Waals surface area contributed by atoms with Gasteiger partial charge in [0, 0.05) is 11.1 Å². The summed E-state index contributed by atoms with van der Waals surface area (Å²) in [6.07, 6.45) is 2.37. The first-order valence-electron chi connectivity index (χ1n) is 4.82. The quantitative estimate of drug-likeness (QED) is 0.808. The largest absolute Gasteiger partial charge is 0.322 e. The van der Waals surface area contributed by atoms with Gasteiger partial charge in [-0.25, -0.2) is 4.98 Å². The van der Waals surface area contributed by atoms with Crippen molar-refractivity contribution >= 4 is 11.3 Å². The predicted octanol–water partition coefficient (Wildman–Crippen LogP) is 2.89. The Kier molecular flexibility index (Phi) is 3.88. The molecule has 0 radical (unpaired) electrons. The van der Waals surface area contributed by atoms with Gasteiger partial charge in [-0.05, 0) is 19.3 Å². The molecule has 3 heteroatoms. The van der Waals surface area contributed by atoms with Crippen molar-refractivity contribution in [2.24, 2.45) is 11.7 Å². The van der Waals surface area contributed by atoms with E-state index < -0.39 is 0 Å². The third-order valence-corrected chi connectivity index (χ3v) is 3.34. The van der Waals surface area contributed by atoms with Crippen LogP contribution in [0.15, 0.2) is 5.38 Å². The second-order valence-electron chi connectivity index (χ2n) is 3.62. The van der Waals surface area contributed by atoms with Crippen LogP contribution < -0.4 is 5.73 Å². The first-order chi connectivity index (χ1) is 6.15.